The Morgan fingerprint density at radius 2 is 1.58 bits per heavy atom. The Morgan fingerprint density at radius 3 is 2.35 bits per heavy atom. The molecule has 134 valence electrons. The fourth-order valence-electron chi connectivity index (χ4n) is 2.79. The van der Waals surface area contributed by atoms with Crippen molar-refractivity contribution in [2.75, 3.05) is 5.32 Å². The summed E-state index contributed by atoms with van der Waals surface area (Å²) in [6, 6.07) is 21.7. The van der Waals surface area contributed by atoms with Gasteiger partial charge in [-0.2, -0.15) is 0 Å². The highest BCUT2D eigenvalue weighted by atomic mass is 35.5. The van der Waals surface area contributed by atoms with Crippen LogP contribution < -0.4 is 10.1 Å². The number of anilines is 1. The normalized spacial score (nSPS) is 10.6. The summed E-state index contributed by atoms with van der Waals surface area (Å²) in [4.78, 5) is 0. The van der Waals surface area contributed by atoms with E-state index in [0.717, 1.165) is 29.0 Å². The third kappa shape index (κ3) is 4.72. The van der Waals surface area contributed by atoms with Crippen molar-refractivity contribution in [1.29, 1.82) is 0 Å². The van der Waals surface area contributed by atoms with Gasteiger partial charge in [0.1, 0.15) is 12.4 Å². The molecule has 0 heterocycles. The predicted octanol–water partition coefficient (Wildman–Crippen LogP) is 6.75. The number of hydrogen-bond acceptors (Lipinski definition) is 2. The summed E-state index contributed by atoms with van der Waals surface area (Å²) in [6.07, 6.45) is 0.981. The first-order valence-electron chi connectivity index (χ1n) is 8.63. The van der Waals surface area contributed by atoms with Crippen LogP contribution in [0.1, 0.15) is 23.6 Å². The Morgan fingerprint density at radius 1 is 0.846 bits per heavy atom. The molecule has 26 heavy (non-hydrogen) atoms. The van der Waals surface area contributed by atoms with Gasteiger partial charge in [0.25, 0.3) is 0 Å². The lowest BCUT2D eigenvalue weighted by Crippen LogP contribution is -2.05. The topological polar surface area (TPSA) is 21.3 Å². The quantitative estimate of drug-likeness (QED) is 0.485. The smallest absolute Gasteiger partial charge is 0.124 e. The molecule has 0 unspecified atom stereocenters. The van der Waals surface area contributed by atoms with E-state index in [-0.39, 0.29) is 0 Å². The standard InChI is InChI=1S/C22H21Cl2NO/c1-2-16-7-4-6-10-21(16)25-14-18-13-19(23)11-12-22(18)26-15-17-8-3-5-9-20(17)24/h3-13,25H,2,14-15H2,1H3. The Labute approximate surface area is 164 Å². The lowest BCUT2D eigenvalue weighted by Gasteiger charge is -2.15. The average Bonchev–Trinajstić information content (AvgIpc) is 2.67. The van der Waals surface area contributed by atoms with Gasteiger partial charge < -0.3 is 10.1 Å². The van der Waals surface area contributed by atoms with Crippen molar-refractivity contribution in [2.45, 2.75) is 26.5 Å². The molecular formula is C22H21Cl2NO. The number of aryl methyl sites for hydroxylation is 1. The van der Waals surface area contributed by atoms with E-state index in [2.05, 4.69) is 30.4 Å². The number of hydrogen-bond donors (Lipinski definition) is 1. The third-order valence-electron chi connectivity index (χ3n) is 4.23. The molecule has 1 N–H and O–H groups in total. The second kappa shape index (κ2) is 8.98. The maximum absolute atomic E-state index is 6.22. The van der Waals surface area contributed by atoms with Crippen LogP contribution in [0.15, 0.2) is 66.7 Å². The first kappa shape index (κ1) is 18.6. The molecule has 0 aliphatic rings. The molecule has 0 aliphatic heterocycles. The van der Waals surface area contributed by atoms with E-state index in [9.17, 15) is 0 Å². The summed E-state index contributed by atoms with van der Waals surface area (Å²) in [7, 11) is 0. The van der Waals surface area contributed by atoms with Crippen LogP contribution >= 0.6 is 23.2 Å². The molecule has 0 aliphatic carbocycles. The van der Waals surface area contributed by atoms with E-state index >= 15 is 0 Å². The van der Waals surface area contributed by atoms with Gasteiger partial charge in [-0.1, -0.05) is 66.5 Å². The van der Waals surface area contributed by atoms with Crippen molar-refractivity contribution in [3.8, 4) is 5.75 Å². The van der Waals surface area contributed by atoms with Crippen LogP contribution in [-0.2, 0) is 19.6 Å². The van der Waals surface area contributed by atoms with Crippen LogP contribution in [0.25, 0.3) is 0 Å². The molecule has 0 radical (unpaired) electrons. The summed E-state index contributed by atoms with van der Waals surface area (Å²) in [5.74, 6) is 0.802. The molecule has 0 amide bonds. The molecule has 0 fully saturated rings. The van der Waals surface area contributed by atoms with Gasteiger partial charge in [-0.05, 0) is 42.3 Å². The summed E-state index contributed by atoms with van der Waals surface area (Å²) < 4.78 is 6.02. The van der Waals surface area contributed by atoms with E-state index in [4.69, 9.17) is 27.9 Å². The molecule has 0 aromatic heterocycles. The molecule has 0 bridgehead atoms. The van der Waals surface area contributed by atoms with Crippen molar-refractivity contribution in [1.82, 2.24) is 0 Å². The minimum Gasteiger partial charge on any atom is -0.488 e. The zero-order chi connectivity index (χ0) is 18.4. The molecule has 0 spiro atoms. The molecular weight excluding hydrogens is 365 g/mol. The van der Waals surface area contributed by atoms with Crippen molar-refractivity contribution >= 4 is 28.9 Å². The highest BCUT2D eigenvalue weighted by Gasteiger charge is 2.08. The van der Waals surface area contributed by atoms with E-state index < -0.39 is 0 Å². The number of nitrogens with one attached hydrogen (secondary N) is 1. The predicted molar refractivity (Wildman–Crippen MR) is 110 cm³/mol. The highest BCUT2D eigenvalue weighted by Crippen LogP contribution is 2.27. The Bertz CT molecular complexity index is 880. The highest BCUT2D eigenvalue weighted by molar-refractivity contribution is 6.31. The zero-order valence-electron chi connectivity index (χ0n) is 14.6. The first-order valence-corrected chi connectivity index (χ1v) is 9.39. The maximum Gasteiger partial charge on any atom is 0.124 e. The fourth-order valence-corrected chi connectivity index (χ4v) is 3.17. The molecule has 4 heteroatoms. The molecule has 0 atom stereocenters. The molecule has 2 nitrogen and oxygen atoms in total. The summed E-state index contributed by atoms with van der Waals surface area (Å²) in [6.45, 7) is 3.20. The minimum absolute atomic E-state index is 0.417. The average molecular weight is 386 g/mol. The lowest BCUT2D eigenvalue weighted by atomic mass is 10.1. The monoisotopic (exact) mass is 385 g/mol. The summed E-state index contributed by atoms with van der Waals surface area (Å²) in [5.41, 5.74) is 4.38. The third-order valence-corrected chi connectivity index (χ3v) is 4.83. The van der Waals surface area contributed by atoms with E-state index in [0.29, 0.717) is 23.2 Å². The van der Waals surface area contributed by atoms with Gasteiger partial charge in [0.05, 0.1) is 0 Å². The van der Waals surface area contributed by atoms with Gasteiger partial charge in [-0.3, -0.25) is 0 Å². The second-order valence-electron chi connectivity index (χ2n) is 6.00. The van der Waals surface area contributed by atoms with Crippen molar-refractivity contribution in [2.24, 2.45) is 0 Å². The Hall–Kier alpha value is -2.16. The second-order valence-corrected chi connectivity index (χ2v) is 6.84. The van der Waals surface area contributed by atoms with Gasteiger partial charge in [0.15, 0.2) is 0 Å². The first-order chi connectivity index (χ1) is 12.7. The number of rotatable bonds is 7. The minimum atomic E-state index is 0.417. The summed E-state index contributed by atoms with van der Waals surface area (Å²) >= 11 is 12.4. The van der Waals surface area contributed by atoms with Crippen LogP contribution in [0.5, 0.6) is 5.75 Å². The number of halogens is 2. The van der Waals surface area contributed by atoms with Gasteiger partial charge in [-0.15, -0.1) is 0 Å². The van der Waals surface area contributed by atoms with Crippen LogP contribution in [0.2, 0.25) is 10.0 Å². The van der Waals surface area contributed by atoms with Gasteiger partial charge in [-0.25, -0.2) is 0 Å². The van der Waals surface area contributed by atoms with E-state index in [1.807, 2.05) is 48.5 Å². The Balaban J connectivity index is 1.74. The van der Waals surface area contributed by atoms with Crippen LogP contribution in [-0.4, -0.2) is 0 Å². The molecule has 0 saturated carbocycles. The van der Waals surface area contributed by atoms with Crippen LogP contribution in [0.3, 0.4) is 0 Å². The van der Waals surface area contributed by atoms with Gasteiger partial charge >= 0.3 is 0 Å². The van der Waals surface area contributed by atoms with Gasteiger partial charge in [0, 0.05) is 33.4 Å². The molecule has 3 aromatic carbocycles. The largest absolute Gasteiger partial charge is 0.488 e. The lowest BCUT2D eigenvalue weighted by molar-refractivity contribution is 0.303. The summed E-state index contributed by atoms with van der Waals surface area (Å²) in [5, 5.41) is 4.89. The number of para-hydroxylation sites is 1. The van der Waals surface area contributed by atoms with E-state index in [1.165, 1.54) is 5.56 Å². The maximum atomic E-state index is 6.22. The zero-order valence-corrected chi connectivity index (χ0v) is 16.1. The van der Waals surface area contributed by atoms with Gasteiger partial charge in [0.2, 0.25) is 0 Å². The van der Waals surface area contributed by atoms with Crippen LogP contribution in [0.4, 0.5) is 5.69 Å². The molecule has 3 aromatic rings. The van der Waals surface area contributed by atoms with Crippen LogP contribution in [0, 0.1) is 0 Å². The number of benzene rings is 3. The Kier molecular flexibility index (Phi) is 6.43. The SMILES string of the molecule is CCc1ccccc1NCc1cc(Cl)ccc1OCc1ccccc1Cl. The van der Waals surface area contributed by atoms with Crippen molar-refractivity contribution < 1.29 is 4.74 Å². The molecule has 0 saturated heterocycles. The fraction of sp³-hybridized carbons (Fsp3) is 0.182. The van der Waals surface area contributed by atoms with Crippen molar-refractivity contribution in [3.63, 3.8) is 0 Å². The van der Waals surface area contributed by atoms with E-state index in [1.54, 1.807) is 0 Å². The number of ether oxygens (including phenoxy) is 1. The van der Waals surface area contributed by atoms with Crippen molar-refractivity contribution in [3.05, 3.63) is 93.5 Å². The molecule has 3 rings (SSSR count).